The van der Waals surface area contributed by atoms with Crippen LogP contribution in [0.5, 0.6) is 5.75 Å². The number of carbonyl (C=O) groups excluding carboxylic acids is 1. The molecule has 1 amide bonds. The molecule has 0 aromatic heterocycles. The van der Waals surface area contributed by atoms with Gasteiger partial charge in [-0.3, -0.25) is 4.79 Å². The van der Waals surface area contributed by atoms with Crippen molar-refractivity contribution >= 4 is 17.6 Å². The van der Waals surface area contributed by atoms with Crippen molar-refractivity contribution in [1.29, 1.82) is 0 Å². The Labute approximate surface area is 86.4 Å². The molecule has 0 saturated carbocycles. The average Bonchev–Trinajstić information content (AvgIpc) is 2.09. The highest BCUT2D eigenvalue weighted by Gasteiger charge is 2.12. The van der Waals surface area contributed by atoms with Gasteiger partial charge in [0.25, 0.3) is 0 Å². The lowest BCUT2D eigenvalue weighted by molar-refractivity contribution is -0.114. The number of hydrogen-bond donors (Lipinski definition) is 3. The third kappa shape index (κ3) is 2.46. The zero-order chi connectivity index (χ0) is 11.6. The van der Waals surface area contributed by atoms with E-state index in [-0.39, 0.29) is 17.2 Å². The summed E-state index contributed by atoms with van der Waals surface area (Å²) in [7, 11) is 0. The van der Waals surface area contributed by atoms with Gasteiger partial charge < -0.3 is 15.5 Å². The predicted molar refractivity (Wildman–Crippen MR) is 54.1 cm³/mol. The molecule has 0 radical (unpaired) electrons. The quantitative estimate of drug-likeness (QED) is 0.686. The number of hydrogen-bond acceptors (Lipinski definition) is 3. The summed E-state index contributed by atoms with van der Waals surface area (Å²) in [4.78, 5) is 21.4. The molecule has 0 aliphatic heterocycles. The Kier molecular flexibility index (Phi) is 2.94. The normalized spacial score (nSPS) is 9.73. The molecule has 0 atom stereocenters. The molecule has 0 bridgehead atoms. The first kappa shape index (κ1) is 11.0. The van der Waals surface area contributed by atoms with Gasteiger partial charge in [0, 0.05) is 18.7 Å². The monoisotopic (exact) mass is 209 g/mol. The lowest BCUT2D eigenvalue weighted by atomic mass is 10.1. The fourth-order valence-corrected chi connectivity index (χ4v) is 1.19. The minimum atomic E-state index is -1.20. The van der Waals surface area contributed by atoms with E-state index in [1.807, 2.05) is 0 Å². The minimum Gasteiger partial charge on any atom is -0.507 e. The number of aryl methyl sites for hydroxylation is 1. The minimum absolute atomic E-state index is 0.179. The van der Waals surface area contributed by atoms with Gasteiger partial charge in [0.2, 0.25) is 5.91 Å². The SMILES string of the molecule is CC(=O)Nc1cc(O)c(C(=O)O)cc1C. The number of amides is 1. The summed E-state index contributed by atoms with van der Waals surface area (Å²) in [6.45, 7) is 2.98. The lowest BCUT2D eigenvalue weighted by Crippen LogP contribution is -2.08. The molecule has 0 fully saturated rings. The Morgan fingerprint density at radius 3 is 2.40 bits per heavy atom. The topological polar surface area (TPSA) is 86.6 Å². The van der Waals surface area contributed by atoms with Gasteiger partial charge in [-0.15, -0.1) is 0 Å². The standard InChI is InChI=1S/C10H11NO4/c1-5-3-7(10(14)15)9(13)4-8(5)11-6(2)12/h3-4,13H,1-2H3,(H,11,12)(H,14,15). The Morgan fingerprint density at radius 1 is 1.33 bits per heavy atom. The van der Waals surface area contributed by atoms with Crippen LogP contribution >= 0.6 is 0 Å². The van der Waals surface area contributed by atoms with Crippen molar-refractivity contribution in [2.45, 2.75) is 13.8 Å². The van der Waals surface area contributed by atoms with Gasteiger partial charge in [0.15, 0.2) is 0 Å². The largest absolute Gasteiger partial charge is 0.507 e. The first-order chi connectivity index (χ1) is 6.91. The number of phenols is 1. The van der Waals surface area contributed by atoms with Crippen LogP contribution in [0.4, 0.5) is 5.69 Å². The smallest absolute Gasteiger partial charge is 0.339 e. The summed E-state index contributed by atoms with van der Waals surface area (Å²) in [6, 6.07) is 2.53. The highest BCUT2D eigenvalue weighted by molar-refractivity contribution is 5.94. The highest BCUT2D eigenvalue weighted by Crippen LogP contribution is 2.25. The van der Waals surface area contributed by atoms with E-state index in [4.69, 9.17) is 5.11 Å². The second-order valence-electron chi connectivity index (χ2n) is 3.17. The Morgan fingerprint density at radius 2 is 1.93 bits per heavy atom. The van der Waals surface area contributed by atoms with Crippen molar-refractivity contribution in [3.63, 3.8) is 0 Å². The molecule has 80 valence electrons. The van der Waals surface area contributed by atoms with E-state index in [0.29, 0.717) is 11.3 Å². The Balaban J connectivity index is 3.19. The van der Waals surface area contributed by atoms with E-state index < -0.39 is 5.97 Å². The molecule has 0 aliphatic rings. The van der Waals surface area contributed by atoms with Gasteiger partial charge in [-0.2, -0.15) is 0 Å². The van der Waals surface area contributed by atoms with Crippen molar-refractivity contribution in [1.82, 2.24) is 0 Å². The third-order valence-electron chi connectivity index (χ3n) is 1.88. The molecule has 0 heterocycles. The third-order valence-corrected chi connectivity index (χ3v) is 1.88. The second-order valence-corrected chi connectivity index (χ2v) is 3.17. The highest BCUT2D eigenvalue weighted by atomic mass is 16.4. The number of carbonyl (C=O) groups is 2. The van der Waals surface area contributed by atoms with E-state index in [2.05, 4.69) is 5.32 Å². The van der Waals surface area contributed by atoms with Crippen molar-refractivity contribution in [3.05, 3.63) is 23.3 Å². The van der Waals surface area contributed by atoms with E-state index in [9.17, 15) is 14.7 Å². The van der Waals surface area contributed by atoms with Crippen molar-refractivity contribution in [3.8, 4) is 5.75 Å². The van der Waals surface area contributed by atoms with Crippen LogP contribution in [-0.2, 0) is 4.79 Å². The molecule has 0 spiro atoms. The van der Waals surface area contributed by atoms with Gasteiger partial charge in [-0.05, 0) is 18.6 Å². The molecule has 0 unspecified atom stereocenters. The number of benzene rings is 1. The number of aromatic carboxylic acids is 1. The van der Waals surface area contributed by atoms with Gasteiger partial charge >= 0.3 is 5.97 Å². The second kappa shape index (κ2) is 4.00. The van der Waals surface area contributed by atoms with Crippen LogP contribution in [0.1, 0.15) is 22.8 Å². The number of anilines is 1. The molecular formula is C10H11NO4. The predicted octanol–water partition coefficient (Wildman–Crippen LogP) is 1.36. The molecule has 1 aromatic carbocycles. The fraction of sp³-hybridized carbons (Fsp3) is 0.200. The molecule has 1 aromatic rings. The Bertz CT molecular complexity index is 426. The summed E-state index contributed by atoms with van der Waals surface area (Å²) in [5.41, 5.74) is 0.812. The number of carboxylic acids is 1. The van der Waals surface area contributed by atoms with Gasteiger partial charge in [-0.1, -0.05) is 0 Å². The number of aromatic hydroxyl groups is 1. The fourth-order valence-electron chi connectivity index (χ4n) is 1.19. The molecule has 0 aliphatic carbocycles. The average molecular weight is 209 g/mol. The molecular weight excluding hydrogens is 198 g/mol. The van der Waals surface area contributed by atoms with Crippen molar-refractivity contribution < 1.29 is 19.8 Å². The van der Waals surface area contributed by atoms with Crippen LogP contribution in [0.15, 0.2) is 12.1 Å². The molecule has 5 nitrogen and oxygen atoms in total. The van der Waals surface area contributed by atoms with Crippen molar-refractivity contribution in [2.24, 2.45) is 0 Å². The lowest BCUT2D eigenvalue weighted by Gasteiger charge is -2.08. The van der Waals surface area contributed by atoms with Crippen LogP contribution < -0.4 is 5.32 Å². The Hall–Kier alpha value is -2.04. The van der Waals surface area contributed by atoms with Gasteiger partial charge in [0.05, 0.1) is 0 Å². The number of nitrogens with one attached hydrogen (secondary N) is 1. The molecule has 3 N–H and O–H groups in total. The summed E-state index contributed by atoms with van der Waals surface area (Å²) in [6.07, 6.45) is 0. The van der Waals surface area contributed by atoms with Crippen LogP contribution in [0.25, 0.3) is 0 Å². The van der Waals surface area contributed by atoms with E-state index in [1.54, 1.807) is 6.92 Å². The zero-order valence-electron chi connectivity index (χ0n) is 8.37. The van der Waals surface area contributed by atoms with Crippen LogP contribution in [0.3, 0.4) is 0 Å². The maximum Gasteiger partial charge on any atom is 0.339 e. The summed E-state index contributed by atoms with van der Waals surface area (Å²) in [5.74, 6) is -1.84. The molecule has 5 heteroatoms. The van der Waals surface area contributed by atoms with Gasteiger partial charge in [0.1, 0.15) is 11.3 Å². The van der Waals surface area contributed by atoms with E-state index >= 15 is 0 Å². The molecule has 1 rings (SSSR count). The molecule has 15 heavy (non-hydrogen) atoms. The first-order valence-electron chi connectivity index (χ1n) is 4.26. The summed E-state index contributed by atoms with van der Waals surface area (Å²) in [5, 5.41) is 20.6. The first-order valence-corrected chi connectivity index (χ1v) is 4.26. The molecule has 0 saturated heterocycles. The summed E-state index contributed by atoms with van der Waals surface area (Å²) >= 11 is 0. The van der Waals surface area contributed by atoms with Crippen LogP contribution in [0.2, 0.25) is 0 Å². The van der Waals surface area contributed by atoms with Gasteiger partial charge in [-0.25, -0.2) is 4.79 Å². The van der Waals surface area contributed by atoms with Crippen LogP contribution in [0, 0.1) is 6.92 Å². The van der Waals surface area contributed by atoms with E-state index in [0.717, 1.165) is 0 Å². The van der Waals surface area contributed by atoms with E-state index in [1.165, 1.54) is 19.1 Å². The van der Waals surface area contributed by atoms with Crippen molar-refractivity contribution in [2.75, 3.05) is 5.32 Å². The number of carboxylic acid groups (broad SMARTS) is 1. The maximum absolute atomic E-state index is 10.8. The zero-order valence-corrected chi connectivity index (χ0v) is 8.37. The summed E-state index contributed by atoms with van der Waals surface area (Å²) < 4.78 is 0. The maximum atomic E-state index is 10.8. The van der Waals surface area contributed by atoms with Crippen LogP contribution in [-0.4, -0.2) is 22.1 Å². The number of rotatable bonds is 2.